The Morgan fingerprint density at radius 1 is 1.64 bits per heavy atom. The van der Waals surface area contributed by atoms with Crippen molar-refractivity contribution < 1.29 is 9.76 Å². The van der Waals surface area contributed by atoms with Crippen molar-refractivity contribution in [3.8, 4) is 0 Å². The first-order chi connectivity index (χ1) is 6.56. The maximum Gasteiger partial charge on any atom is 0.318 e. The molecule has 0 amide bonds. The largest absolute Gasteiger partial charge is 0.398 e. The third-order valence-corrected chi connectivity index (χ3v) is 2.13. The summed E-state index contributed by atoms with van der Waals surface area (Å²) in [5.74, 6) is 0. The molecular weight excluding hydrogens is 248 g/mol. The van der Waals surface area contributed by atoms with Crippen LogP contribution in [0.4, 0.5) is 11.4 Å². The summed E-state index contributed by atoms with van der Waals surface area (Å²) in [6, 6.07) is 4.83. The molecule has 0 heterocycles. The molecule has 0 unspecified atom stereocenters. The van der Waals surface area contributed by atoms with E-state index in [4.69, 9.17) is 5.73 Å². The lowest BCUT2D eigenvalue weighted by atomic mass is 10.1. The van der Waals surface area contributed by atoms with Gasteiger partial charge in [-0.1, -0.05) is 22.5 Å². The van der Waals surface area contributed by atoms with E-state index < -0.39 is 0 Å². The first kappa shape index (κ1) is 10.7. The first-order valence-corrected chi connectivity index (χ1v) is 4.61. The third kappa shape index (κ3) is 2.11. The summed E-state index contributed by atoms with van der Waals surface area (Å²) < 4.78 is 0.677. The van der Waals surface area contributed by atoms with Crippen LogP contribution in [0.25, 0.3) is 4.48 Å². The molecule has 14 heavy (non-hydrogen) atoms. The smallest absolute Gasteiger partial charge is 0.318 e. The van der Waals surface area contributed by atoms with Crippen LogP contribution in [-0.2, 0) is 4.84 Å². The second-order valence-electron chi connectivity index (χ2n) is 2.62. The van der Waals surface area contributed by atoms with Gasteiger partial charge in [-0.25, -0.2) is 4.84 Å². The van der Waals surface area contributed by atoms with Gasteiger partial charge in [-0.15, -0.1) is 0 Å². The van der Waals surface area contributed by atoms with Gasteiger partial charge in [0.1, 0.15) is 0 Å². The molecule has 0 spiro atoms. The summed E-state index contributed by atoms with van der Waals surface area (Å²) in [5.41, 5.74) is 7.29. The summed E-state index contributed by atoms with van der Waals surface area (Å²) in [7, 11) is 1.29. The van der Waals surface area contributed by atoms with Crippen molar-refractivity contribution in [2.45, 2.75) is 0 Å². The van der Waals surface area contributed by atoms with E-state index in [1.54, 1.807) is 12.1 Å². The quantitative estimate of drug-likeness (QED) is 0.669. The Balaban J connectivity index is 3.12. The van der Waals surface area contributed by atoms with Crippen molar-refractivity contribution in [3.63, 3.8) is 0 Å². The number of nitrogens with zero attached hydrogens (tertiary/aromatic N) is 1. The molecule has 1 aromatic carbocycles. The molecule has 0 radical (unpaired) electrons. The molecule has 0 saturated carbocycles. The Morgan fingerprint density at radius 2 is 2.29 bits per heavy atom. The van der Waals surface area contributed by atoms with Gasteiger partial charge in [-0.3, -0.25) is 0 Å². The molecule has 5 heteroatoms. The van der Waals surface area contributed by atoms with Gasteiger partial charge >= 0.3 is 5.69 Å². The zero-order valence-electron chi connectivity index (χ0n) is 7.66. The van der Waals surface area contributed by atoms with Gasteiger partial charge < -0.3 is 5.73 Å². The van der Waals surface area contributed by atoms with Crippen LogP contribution < -0.4 is 5.73 Å². The minimum absolute atomic E-state index is 0.350. The van der Waals surface area contributed by atoms with E-state index in [0.717, 1.165) is 5.56 Å². The standard InChI is InChI=1S/C9H10BrN2O2/c1-6(10)8-4-3-7(5-9(8)11)12(13)14-2/h3-5H,1,11H2,2H3/q+1. The highest BCUT2D eigenvalue weighted by molar-refractivity contribution is 9.15. The van der Waals surface area contributed by atoms with Crippen LogP contribution in [-0.4, -0.2) is 12.0 Å². The van der Waals surface area contributed by atoms with E-state index >= 15 is 0 Å². The van der Waals surface area contributed by atoms with Crippen molar-refractivity contribution in [1.82, 2.24) is 0 Å². The Hall–Kier alpha value is -1.36. The molecule has 1 rings (SSSR count). The summed E-state index contributed by atoms with van der Waals surface area (Å²) in [5, 5.41) is 0. The molecule has 0 saturated heterocycles. The Labute approximate surface area is 90.0 Å². The molecule has 0 atom stereocenters. The fourth-order valence-electron chi connectivity index (χ4n) is 1.02. The zero-order chi connectivity index (χ0) is 10.7. The normalized spacial score (nSPS) is 9.57. The van der Waals surface area contributed by atoms with Crippen molar-refractivity contribution in [2.24, 2.45) is 0 Å². The number of hydrogen-bond acceptors (Lipinski definition) is 3. The molecule has 74 valence electrons. The van der Waals surface area contributed by atoms with Gasteiger partial charge in [0.15, 0.2) is 7.11 Å². The van der Waals surface area contributed by atoms with Crippen LogP contribution in [0.15, 0.2) is 24.8 Å². The first-order valence-electron chi connectivity index (χ1n) is 3.82. The zero-order valence-corrected chi connectivity index (χ0v) is 9.24. The van der Waals surface area contributed by atoms with E-state index in [-0.39, 0.29) is 0 Å². The van der Waals surface area contributed by atoms with Crippen LogP contribution in [0.5, 0.6) is 0 Å². The topological polar surface area (TPSA) is 55.3 Å². The Morgan fingerprint density at radius 3 is 2.71 bits per heavy atom. The molecule has 1 aromatic rings. The third-order valence-electron chi connectivity index (χ3n) is 1.70. The maximum absolute atomic E-state index is 11.1. The number of anilines is 1. The molecule has 4 nitrogen and oxygen atoms in total. The highest BCUT2D eigenvalue weighted by Crippen LogP contribution is 2.28. The SMILES string of the molecule is C=C(Br)c1ccc([N+](=O)OC)cc1N. The van der Waals surface area contributed by atoms with Gasteiger partial charge in [0, 0.05) is 27.9 Å². The van der Waals surface area contributed by atoms with Gasteiger partial charge in [0.05, 0.1) is 4.91 Å². The summed E-state index contributed by atoms with van der Waals surface area (Å²) in [6.45, 7) is 3.69. The van der Waals surface area contributed by atoms with Crippen molar-refractivity contribution >= 4 is 31.8 Å². The van der Waals surface area contributed by atoms with E-state index in [0.29, 0.717) is 20.8 Å². The van der Waals surface area contributed by atoms with Crippen molar-refractivity contribution in [3.05, 3.63) is 35.2 Å². The molecule has 2 N–H and O–H groups in total. The number of halogens is 1. The lowest BCUT2D eigenvalue weighted by molar-refractivity contribution is -0.736. The highest BCUT2D eigenvalue weighted by atomic mass is 79.9. The van der Waals surface area contributed by atoms with E-state index in [1.807, 2.05) is 0 Å². The fourth-order valence-corrected chi connectivity index (χ4v) is 1.38. The number of nitrogens with two attached hydrogens (primary N) is 1. The minimum Gasteiger partial charge on any atom is -0.398 e. The summed E-state index contributed by atoms with van der Waals surface area (Å²) >= 11 is 3.21. The highest BCUT2D eigenvalue weighted by Gasteiger charge is 2.15. The molecule has 0 aromatic heterocycles. The van der Waals surface area contributed by atoms with Crippen LogP contribution in [0.3, 0.4) is 0 Å². The van der Waals surface area contributed by atoms with Gasteiger partial charge in [-0.2, -0.15) is 0 Å². The Kier molecular flexibility index (Phi) is 3.24. The minimum atomic E-state index is 0.350. The monoisotopic (exact) mass is 257 g/mol. The second-order valence-corrected chi connectivity index (χ2v) is 3.57. The molecule has 0 aliphatic carbocycles. The molecular formula is C9H10BrN2O2+. The van der Waals surface area contributed by atoms with Crippen molar-refractivity contribution in [2.75, 3.05) is 12.8 Å². The summed E-state index contributed by atoms with van der Waals surface area (Å²) in [4.78, 5) is 15.9. The summed E-state index contributed by atoms with van der Waals surface area (Å²) in [6.07, 6.45) is 0. The van der Waals surface area contributed by atoms with E-state index in [1.165, 1.54) is 13.2 Å². The number of rotatable bonds is 3. The van der Waals surface area contributed by atoms with Crippen LogP contribution in [0, 0.1) is 4.91 Å². The Bertz CT molecular complexity index is 390. The van der Waals surface area contributed by atoms with E-state index in [9.17, 15) is 4.91 Å². The maximum atomic E-state index is 11.1. The lowest BCUT2D eigenvalue weighted by Gasteiger charge is -2.01. The average Bonchev–Trinajstić information content (AvgIpc) is 2.15. The predicted octanol–water partition coefficient (Wildman–Crippen LogP) is 2.61. The lowest BCUT2D eigenvalue weighted by Crippen LogP contribution is -1.99. The number of hydrogen-bond donors (Lipinski definition) is 1. The van der Waals surface area contributed by atoms with Crippen LogP contribution in [0.1, 0.15) is 5.56 Å². The molecule has 0 bridgehead atoms. The number of benzene rings is 1. The van der Waals surface area contributed by atoms with Gasteiger partial charge in [0.2, 0.25) is 0 Å². The van der Waals surface area contributed by atoms with Gasteiger partial charge in [-0.05, 0) is 6.07 Å². The average molecular weight is 258 g/mol. The van der Waals surface area contributed by atoms with Gasteiger partial charge in [0.25, 0.3) is 4.92 Å². The van der Waals surface area contributed by atoms with Crippen LogP contribution in [0.2, 0.25) is 0 Å². The predicted molar refractivity (Wildman–Crippen MR) is 59.1 cm³/mol. The van der Waals surface area contributed by atoms with E-state index in [2.05, 4.69) is 27.3 Å². The molecule has 0 aliphatic heterocycles. The second kappa shape index (κ2) is 4.23. The van der Waals surface area contributed by atoms with Crippen LogP contribution >= 0.6 is 15.9 Å². The molecule has 0 aliphatic rings. The molecule has 0 fully saturated rings. The number of nitrogen functional groups attached to an aromatic ring is 1. The van der Waals surface area contributed by atoms with Crippen molar-refractivity contribution in [1.29, 1.82) is 0 Å². The fraction of sp³-hybridized carbons (Fsp3) is 0.111.